The molecule has 0 bridgehead atoms. The molecule has 4 rings (SSSR count). The smallest absolute Gasteiger partial charge is 0.381 e. The van der Waals surface area contributed by atoms with Gasteiger partial charge in [0.05, 0.1) is 11.5 Å². The molecule has 9 heteroatoms. The highest BCUT2D eigenvalue weighted by atomic mass is 19.4. The third-order valence-electron chi connectivity index (χ3n) is 5.70. The maximum Gasteiger partial charge on any atom is 0.416 e. The van der Waals surface area contributed by atoms with Gasteiger partial charge in [-0.2, -0.15) is 18.2 Å². The molecule has 2 fully saturated rings. The van der Waals surface area contributed by atoms with Gasteiger partial charge in [0.2, 0.25) is 5.89 Å². The van der Waals surface area contributed by atoms with Crippen molar-refractivity contribution in [3.63, 3.8) is 0 Å². The third kappa shape index (κ3) is 3.39. The summed E-state index contributed by atoms with van der Waals surface area (Å²) < 4.78 is 49.9. The van der Waals surface area contributed by atoms with Gasteiger partial charge in [0.25, 0.3) is 5.91 Å². The summed E-state index contributed by atoms with van der Waals surface area (Å²) in [5.41, 5.74) is -1.07. The van der Waals surface area contributed by atoms with E-state index in [0.717, 1.165) is 25.0 Å². The number of aromatic nitrogens is 2. The van der Waals surface area contributed by atoms with Crippen LogP contribution in [0.5, 0.6) is 0 Å². The quantitative estimate of drug-likeness (QED) is 0.779. The molecule has 1 aromatic heterocycles. The van der Waals surface area contributed by atoms with Crippen LogP contribution in [0.15, 0.2) is 28.8 Å². The second-order valence-electron chi connectivity index (χ2n) is 7.47. The van der Waals surface area contributed by atoms with Crippen molar-refractivity contribution >= 4 is 5.91 Å². The Kier molecular flexibility index (Phi) is 4.65. The highest BCUT2D eigenvalue weighted by Crippen LogP contribution is 2.49. The Morgan fingerprint density at radius 3 is 2.68 bits per heavy atom. The average molecular weight is 395 g/mol. The van der Waals surface area contributed by atoms with Gasteiger partial charge in [0, 0.05) is 37.3 Å². The van der Waals surface area contributed by atoms with Crippen molar-refractivity contribution < 1.29 is 27.2 Å². The number of aryl methyl sites for hydroxylation is 1. The number of likely N-dealkylation sites (tertiary alicyclic amines) is 1. The van der Waals surface area contributed by atoms with Crippen LogP contribution in [-0.4, -0.2) is 47.3 Å². The summed E-state index contributed by atoms with van der Waals surface area (Å²) in [5.74, 6) is 0.404. The predicted molar refractivity (Wildman–Crippen MR) is 91.6 cm³/mol. The van der Waals surface area contributed by atoms with E-state index in [2.05, 4.69) is 10.1 Å². The molecule has 1 amide bonds. The molecule has 0 radical (unpaired) electrons. The molecule has 1 spiro atoms. The minimum Gasteiger partial charge on any atom is -0.381 e. The van der Waals surface area contributed by atoms with E-state index < -0.39 is 17.6 Å². The first-order chi connectivity index (χ1) is 13.3. The molecule has 1 unspecified atom stereocenters. The van der Waals surface area contributed by atoms with E-state index in [1.54, 1.807) is 11.8 Å². The number of rotatable bonds is 2. The first-order valence-electron chi connectivity index (χ1n) is 9.13. The Balaban J connectivity index is 1.63. The van der Waals surface area contributed by atoms with Gasteiger partial charge in [0.1, 0.15) is 0 Å². The normalized spacial score (nSPS) is 22.0. The van der Waals surface area contributed by atoms with E-state index in [4.69, 9.17) is 9.26 Å². The Bertz CT molecular complexity index is 875. The number of hydrogen-bond acceptors (Lipinski definition) is 5. The first-order valence-corrected chi connectivity index (χ1v) is 9.13. The molecule has 0 N–H and O–H groups in total. The molecule has 3 heterocycles. The lowest BCUT2D eigenvalue weighted by atomic mass is 9.72. The fourth-order valence-corrected chi connectivity index (χ4v) is 4.21. The maximum absolute atomic E-state index is 13.0. The molecule has 6 nitrogen and oxygen atoms in total. The van der Waals surface area contributed by atoms with Gasteiger partial charge in [-0.3, -0.25) is 4.79 Å². The van der Waals surface area contributed by atoms with Crippen LogP contribution in [0, 0.1) is 12.3 Å². The minimum atomic E-state index is -4.49. The molecule has 1 aromatic carbocycles. The summed E-state index contributed by atoms with van der Waals surface area (Å²) in [7, 11) is 0. The Hall–Kier alpha value is -2.42. The second-order valence-corrected chi connectivity index (χ2v) is 7.47. The lowest BCUT2D eigenvalue weighted by Gasteiger charge is -2.36. The number of hydrogen-bond donors (Lipinski definition) is 0. The highest BCUT2D eigenvalue weighted by Gasteiger charge is 2.51. The van der Waals surface area contributed by atoms with Crippen LogP contribution in [0.25, 0.3) is 0 Å². The Morgan fingerprint density at radius 1 is 1.29 bits per heavy atom. The first kappa shape index (κ1) is 18.9. The van der Waals surface area contributed by atoms with E-state index in [9.17, 15) is 18.0 Å². The number of carbonyl (C=O) groups is 1. The molecule has 2 aliphatic rings. The molecular weight excluding hydrogens is 375 g/mol. The van der Waals surface area contributed by atoms with E-state index in [1.165, 1.54) is 12.1 Å². The van der Waals surface area contributed by atoms with Gasteiger partial charge in [-0.05, 0) is 38.0 Å². The standard InChI is InChI=1S/C19H20F3N3O3/c1-12-23-16(28-24-12)15-10-25(11-18(15)5-7-27-8-6-18)17(26)13-3-2-4-14(9-13)19(20,21)22/h2-4,9,15H,5-8,10-11H2,1H3. The molecule has 1 atom stereocenters. The molecule has 150 valence electrons. The van der Waals surface area contributed by atoms with Gasteiger partial charge in [0.15, 0.2) is 5.82 Å². The third-order valence-corrected chi connectivity index (χ3v) is 5.70. The zero-order valence-electron chi connectivity index (χ0n) is 15.3. The van der Waals surface area contributed by atoms with Crippen LogP contribution in [0.3, 0.4) is 0 Å². The summed E-state index contributed by atoms with van der Waals surface area (Å²) >= 11 is 0. The number of carbonyl (C=O) groups excluding carboxylic acids is 1. The van der Waals surface area contributed by atoms with Gasteiger partial charge in [-0.25, -0.2) is 0 Å². The molecule has 2 saturated heterocycles. The molecular formula is C19H20F3N3O3. The van der Waals surface area contributed by atoms with E-state index in [-0.39, 0.29) is 16.9 Å². The summed E-state index contributed by atoms with van der Waals surface area (Å²) in [6.45, 7) is 3.61. The Labute approximate surface area is 159 Å². The molecule has 0 saturated carbocycles. The average Bonchev–Trinajstić information content (AvgIpc) is 3.25. The van der Waals surface area contributed by atoms with Gasteiger partial charge in [-0.15, -0.1) is 0 Å². The number of ether oxygens (including phenoxy) is 1. The van der Waals surface area contributed by atoms with Crippen LogP contribution in [-0.2, 0) is 10.9 Å². The van der Waals surface area contributed by atoms with Crippen LogP contribution >= 0.6 is 0 Å². The minimum absolute atomic E-state index is 0.0272. The van der Waals surface area contributed by atoms with E-state index in [1.807, 2.05) is 0 Å². The predicted octanol–water partition coefficient (Wildman–Crippen LogP) is 3.43. The van der Waals surface area contributed by atoms with Crippen LogP contribution in [0.4, 0.5) is 13.2 Å². The van der Waals surface area contributed by atoms with Crippen molar-refractivity contribution in [2.24, 2.45) is 5.41 Å². The lowest BCUT2D eigenvalue weighted by molar-refractivity contribution is -0.137. The van der Waals surface area contributed by atoms with Crippen molar-refractivity contribution in [1.29, 1.82) is 0 Å². The number of nitrogens with zero attached hydrogens (tertiary/aromatic N) is 3. The molecule has 28 heavy (non-hydrogen) atoms. The topological polar surface area (TPSA) is 68.5 Å². The SMILES string of the molecule is Cc1noc(C2CN(C(=O)c3cccc(C(F)(F)F)c3)CC23CCOCC3)n1. The summed E-state index contributed by atoms with van der Waals surface area (Å²) in [6.07, 6.45) is -3.04. The van der Waals surface area contributed by atoms with Gasteiger partial charge < -0.3 is 14.2 Å². The largest absolute Gasteiger partial charge is 0.416 e. The van der Waals surface area contributed by atoms with Crippen LogP contribution < -0.4 is 0 Å². The Morgan fingerprint density at radius 2 is 2.04 bits per heavy atom. The fourth-order valence-electron chi connectivity index (χ4n) is 4.21. The van der Waals surface area contributed by atoms with Gasteiger partial charge >= 0.3 is 6.18 Å². The number of halogens is 3. The van der Waals surface area contributed by atoms with Crippen molar-refractivity contribution in [2.75, 3.05) is 26.3 Å². The van der Waals surface area contributed by atoms with Crippen LogP contribution in [0.1, 0.15) is 46.4 Å². The van der Waals surface area contributed by atoms with Crippen molar-refractivity contribution in [3.05, 3.63) is 47.1 Å². The van der Waals surface area contributed by atoms with E-state index >= 15 is 0 Å². The molecule has 2 aliphatic heterocycles. The highest BCUT2D eigenvalue weighted by molar-refractivity contribution is 5.94. The zero-order valence-corrected chi connectivity index (χ0v) is 15.3. The summed E-state index contributed by atoms with van der Waals surface area (Å²) in [4.78, 5) is 18.9. The van der Waals surface area contributed by atoms with Crippen molar-refractivity contribution in [2.45, 2.75) is 31.9 Å². The number of benzene rings is 1. The van der Waals surface area contributed by atoms with E-state index in [0.29, 0.717) is 38.0 Å². The van der Waals surface area contributed by atoms with Gasteiger partial charge in [-0.1, -0.05) is 11.2 Å². The lowest BCUT2D eigenvalue weighted by Crippen LogP contribution is -2.37. The number of amides is 1. The summed E-state index contributed by atoms with van der Waals surface area (Å²) in [5, 5.41) is 3.86. The van der Waals surface area contributed by atoms with Crippen LogP contribution in [0.2, 0.25) is 0 Å². The molecule has 0 aliphatic carbocycles. The monoisotopic (exact) mass is 395 g/mol. The zero-order chi connectivity index (χ0) is 19.9. The maximum atomic E-state index is 13.0. The fraction of sp³-hybridized carbons (Fsp3) is 0.526. The summed E-state index contributed by atoms with van der Waals surface area (Å²) in [6, 6.07) is 4.54. The van der Waals surface area contributed by atoms with Crippen molar-refractivity contribution in [1.82, 2.24) is 15.0 Å². The second kappa shape index (κ2) is 6.88. The molecule has 2 aromatic rings. The van der Waals surface area contributed by atoms with Crippen molar-refractivity contribution in [3.8, 4) is 0 Å². The number of alkyl halides is 3.